The van der Waals surface area contributed by atoms with Gasteiger partial charge in [0.15, 0.2) is 5.72 Å². The van der Waals surface area contributed by atoms with Crippen LogP contribution in [0.25, 0.3) is 11.1 Å². The molecule has 2 aromatic carbocycles. The minimum Gasteiger partial charge on any atom is -0.466 e. The number of benzene rings is 2. The fourth-order valence-electron chi connectivity index (χ4n) is 3.15. The van der Waals surface area contributed by atoms with Crippen molar-refractivity contribution in [1.29, 1.82) is 0 Å². The third-order valence-corrected chi connectivity index (χ3v) is 4.67. The van der Waals surface area contributed by atoms with Gasteiger partial charge in [-0.3, -0.25) is 10.5 Å². The molecule has 0 aliphatic carbocycles. The van der Waals surface area contributed by atoms with E-state index in [1.807, 2.05) is 32.9 Å². The highest BCUT2D eigenvalue weighted by atomic mass is 19.1. The van der Waals surface area contributed by atoms with Crippen molar-refractivity contribution in [2.24, 2.45) is 5.73 Å². The quantitative estimate of drug-likeness (QED) is 0.629. The van der Waals surface area contributed by atoms with Gasteiger partial charge in [-0.05, 0) is 80.1 Å². The Bertz CT molecular complexity index is 844. The van der Waals surface area contributed by atoms with Crippen LogP contribution in [0.15, 0.2) is 24.3 Å². The molecule has 0 aromatic heterocycles. The molecular formula is C21H26FNO3. The summed E-state index contributed by atoms with van der Waals surface area (Å²) in [5.74, 6) is -1.30. The molecule has 0 saturated carbocycles. The fraction of sp³-hybridized carbons (Fsp3) is 0.381. The average Bonchev–Trinajstić information content (AvgIpc) is 2.54. The first-order valence-electron chi connectivity index (χ1n) is 8.63. The fourth-order valence-corrected chi connectivity index (χ4v) is 3.15. The molecule has 0 bridgehead atoms. The zero-order chi connectivity index (χ0) is 19.6. The lowest BCUT2D eigenvalue weighted by molar-refractivity contribution is -0.149. The molecule has 26 heavy (non-hydrogen) atoms. The highest BCUT2D eigenvalue weighted by molar-refractivity contribution is 5.74. The first kappa shape index (κ1) is 20.1. The number of ether oxygens (including phenoxy) is 1. The molecule has 0 aliphatic rings. The molecule has 1 atom stereocenters. The maximum absolute atomic E-state index is 14.7. The van der Waals surface area contributed by atoms with Crippen LogP contribution in [0.1, 0.15) is 41.2 Å². The Labute approximate surface area is 153 Å². The van der Waals surface area contributed by atoms with Crippen LogP contribution in [0.5, 0.6) is 0 Å². The summed E-state index contributed by atoms with van der Waals surface area (Å²) in [6.45, 7) is 9.43. The maximum Gasteiger partial charge on any atom is 0.310 e. The number of rotatable bonds is 5. The normalized spacial score (nSPS) is 13.4. The lowest BCUT2D eigenvalue weighted by atomic mass is 9.88. The van der Waals surface area contributed by atoms with Gasteiger partial charge in [-0.1, -0.05) is 12.1 Å². The average molecular weight is 359 g/mol. The maximum atomic E-state index is 14.7. The Morgan fingerprint density at radius 2 is 1.77 bits per heavy atom. The number of aliphatic hydroxyl groups is 1. The van der Waals surface area contributed by atoms with E-state index < -0.39 is 23.9 Å². The number of nitrogens with two attached hydrogens (primary N) is 1. The zero-order valence-corrected chi connectivity index (χ0v) is 15.9. The monoisotopic (exact) mass is 359 g/mol. The highest BCUT2D eigenvalue weighted by Gasteiger charge is 2.32. The van der Waals surface area contributed by atoms with Crippen LogP contribution in [0.4, 0.5) is 4.39 Å². The van der Waals surface area contributed by atoms with Crippen LogP contribution in [0.2, 0.25) is 0 Å². The van der Waals surface area contributed by atoms with Gasteiger partial charge >= 0.3 is 5.97 Å². The van der Waals surface area contributed by atoms with Gasteiger partial charge in [-0.15, -0.1) is 0 Å². The van der Waals surface area contributed by atoms with Crippen LogP contribution >= 0.6 is 0 Å². The Hall–Kier alpha value is -2.24. The van der Waals surface area contributed by atoms with Crippen molar-refractivity contribution in [1.82, 2.24) is 0 Å². The molecule has 3 N–H and O–H groups in total. The van der Waals surface area contributed by atoms with Gasteiger partial charge in [0.05, 0.1) is 13.0 Å². The summed E-state index contributed by atoms with van der Waals surface area (Å²) >= 11 is 0. The lowest BCUT2D eigenvalue weighted by Crippen LogP contribution is -2.40. The van der Waals surface area contributed by atoms with E-state index in [1.165, 1.54) is 6.07 Å². The van der Waals surface area contributed by atoms with Gasteiger partial charge in [0.25, 0.3) is 0 Å². The molecule has 0 spiro atoms. The van der Waals surface area contributed by atoms with Crippen molar-refractivity contribution in [3.05, 3.63) is 57.9 Å². The highest BCUT2D eigenvalue weighted by Crippen LogP contribution is 2.34. The first-order valence-corrected chi connectivity index (χ1v) is 8.63. The van der Waals surface area contributed by atoms with Gasteiger partial charge in [0.2, 0.25) is 0 Å². The number of aryl methyl sites for hydroxylation is 3. The second-order valence-electron chi connectivity index (χ2n) is 6.76. The summed E-state index contributed by atoms with van der Waals surface area (Å²) < 4.78 is 19.6. The summed E-state index contributed by atoms with van der Waals surface area (Å²) in [6.07, 6.45) is -0.521. The Morgan fingerprint density at radius 1 is 1.15 bits per heavy atom. The second kappa shape index (κ2) is 7.56. The van der Waals surface area contributed by atoms with Crippen molar-refractivity contribution in [2.75, 3.05) is 6.61 Å². The van der Waals surface area contributed by atoms with E-state index in [9.17, 15) is 14.3 Å². The predicted molar refractivity (Wildman–Crippen MR) is 100 cm³/mol. The van der Waals surface area contributed by atoms with Crippen molar-refractivity contribution >= 4 is 5.97 Å². The number of hydrogen-bond donors (Lipinski definition) is 2. The van der Waals surface area contributed by atoms with Crippen molar-refractivity contribution < 1.29 is 19.0 Å². The molecule has 2 rings (SSSR count). The van der Waals surface area contributed by atoms with Gasteiger partial charge < -0.3 is 9.84 Å². The molecule has 0 fully saturated rings. The Kier molecular flexibility index (Phi) is 5.84. The molecule has 2 aromatic rings. The van der Waals surface area contributed by atoms with E-state index in [0.717, 1.165) is 27.8 Å². The number of halogens is 1. The van der Waals surface area contributed by atoms with Crippen LogP contribution in [-0.2, 0) is 15.3 Å². The van der Waals surface area contributed by atoms with Crippen LogP contribution in [0, 0.1) is 33.5 Å². The van der Waals surface area contributed by atoms with Crippen LogP contribution in [0.3, 0.4) is 0 Å². The van der Waals surface area contributed by atoms with Crippen molar-refractivity contribution in [3.63, 3.8) is 0 Å². The Morgan fingerprint density at radius 3 is 2.38 bits per heavy atom. The van der Waals surface area contributed by atoms with E-state index in [2.05, 4.69) is 0 Å². The van der Waals surface area contributed by atoms with Crippen LogP contribution < -0.4 is 5.73 Å². The topological polar surface area (TPSA) is 72.5 Å². The third kappa shape index (κ3) is 3.94. The smallest absolute Gasteiger partial charge is 0.310 e. The van der Waals surface area contributed by atoms with Crippen LogP contribution in [-0.4, -0.2) is 17.7 Å². The molecule has 0 heterocycles. The second-order valence-corrected chi connectivity index (χ2v) is 6.76. The lowest BCUT2D eigenvalue weighted by Gasteiger charge is -2.25. The summed E-state index contributed by atoms with van der Waals surface area (Å²) in [6, 6.07) is 7.29. The van der Waals surface area contributed by atoms with Gasteiger partial charge in [-0.2, -0.15) is 0 Å². The van der Waals surface area contributed by atoms with Gasteiger partial charge in [0, 0.05) is 5.56 Å². The minimum absolute atomic E-state index is 0.110. The van der Waals surface area contributed by atoms with Crippen molar-refractivity contribution in [2.45, 2.75) is 46.8 Å². The molecule has 0 aliphatic heterocycles. The number of carbonyl (C=O) groups excluding carboxylic acids is 1. The largest absolute Gasteiger partial charge is 0.466 e. The zero-order valence-electron chi connectivity index (χ0n) is 15.9. The predicted octanol–water partition coefficient (Wildman–Crippen LogP) is 3.78. The van der Waals surface area contributed by atoms with E-state index in [-0.39, 0.29) is 12.2 Å². The summed E-state index contributed by atoms with van der Waals surface area (Å²) in [4.78, 5) is 11.8. The molecule has 4 nitrogen and oxygen atoms in total. The number of carbonyl (C=O) groups is 1. The van der Waals surface area contributed by atoms with Crippen molar-refractivity contribution in [3.8, 4) is 11.1 Å². The third-order valence-electron chi connectivity index (χ3n) is 4.67. The standard InChI is InChI=1S/C21H26FNO3/c1-6-26-18(24)11-21(23,25)17-10-16(9-14(4)20(17)22)19-13(3)8-7-12(2)15(19)5/h7-10,25H,6,11,23H2,1-5H3/t21-/m0/s1. The van der Waals surface area contributed by atoms with E-state index in [1.54, 1.807) is 19.9 Å². The van der Waals surface area contributed by atoms with Gasteiger partial charge in [0.1, 0.15) is 5.82 Å². The first-order chi connectivity index (χ1) is 12.1. The SMILES string of the molecule is CCOC(=O)C[C@](N)(O)c1cc(-c2c(C)ccc(C)c2C)cc(C)c1F. The molecule has 0 unspecified atom stereocenters. The summed E-state index contributed by atoms with van der Waals surface area (Å²) in [5, 5.41) is 10.6. The molecular weight excluding hydrogens is 333 g/mol. The van der Waals surface area contributed by atoms with E-state index >= 15 is 0 Å². The molecule has 140 valence electrons. The minimum atomic E-state index is -2.15. The van der Waals surface area contributed by atoms with E-state index in [0.29, 0.717) is 5.56 Å². The Balaban J connectivity index is 2.61. The summed E-state index contributed by atoms with van der Waals surface area (Å²) in [5.41, 5.74) is 8.96. The molecule has 0 radical (unpaired) electrons. The summed E-state index contributed by atoms with van der Waals surface area (Å²) in [7, 11) is 0. The van der Waals surface area contributed by atoms with Gasteiger partial charge in [-0.25, -0.2) is 4.39 Å². The number of hydrogen-bond acceptors (Lipinski definition) is 4. The molecule has 0 saturated heterocycles. The van der Waals surface area contributed by atoms with E-state index in [4.69, 9.17) is 10.5 Å². The number of esters is 1. The molecule has 0 amide bonds. The molecule has 5 heteroatoms.